The molecular weight excluding hydrogens is 356 g/mol. The van der Waals surface area contributed by atoms with Gasteiger partial charge in [-0.15, -0.1) is 0 Å². The molecule has 5 heterocycles. The number of esters is 1. The molecule has 6 nitrogen and oxygen atoms in total. The second kappa shape index (κ2) is 5.69. The summed E-state index contributed by atoms with van der Waals surface area (Å²) in [4.78, 5) is 15.1. The summed E-state index contributed by atoms with van der Waals surface area (Å²) in [6.45, 7) is 2.26. The molecule has 2 N–H and O–H groups in total. The van der Waals surface area contributed by atoms with E-state index in [-0.39, 0.29) is 24.5 Å². The zero-order valence-corrected chi connectivity index (χ0v) is 16.5. The molecule has 0 radical (unpaired) electrons. The van der Waals surface area contributed by atoms with Crippen molar-refractivity contribution >= 4 is 16.9 Å². The molecule has 148 valence electrons. The number of aliphatic hydroxyl groups is 2. The van der Waals surface area contributed by atoms with Crippen LogP contribution in [0, 0.1) is 11.3 Å². The molecular formula is C22H26N2O4. The summed E-state index contributed by atoms with van der Waals surface area (Å²) in [5, 5.41) is 23.6. The van der Waals surface area contributed by atoms with Gasteiger partial charge in [0.25, 0.3) is 0 Å². The van der Waals surface area contributed by atoms with Crippen molar-refractivity contribution in [3.8, 4) is 0 Å². The van der Waals surface area contributed by atoms with Gasteiger partial charge in [0.1, 0.15) is 5.41 Å². The molecule has 28 heavy (non-hydrogen) atoms. The Morgan fingerprint density at radius 1 is 1.39 bits per heavy atom. The van der Waals surface area contributed by atoms with Gasteiger partial charge in [-0.2, -0.15) is 0 Å². The van der Waals surface area contributed by atoms with Gasteiger partial charge in [-0.3, -0.25) is 9.69 Å². The van der Waals surface area contributed by atoms with Crippen LogP contribution in [0.3, 0.4) is 0 Å². The minimum absolute atomic E-state index is 0.249. The number of hydrogen-bond donors (Lipinski definition) is 2. The van der Waals surface area contributed by atoms with Crippen molar-refractivity contribution in [1.82, 2.24) is 9.47 Å². The lowest BCUT2D eigenvalue weighted by molar-refractivity contribution is -0.253. The fourth-order valence-electron chi connectivity index (χ4n) is 6.31. The zero-order chi connectivity index (χ0) is 19.8. The monoisotopic (exact) mass is 382 g/mol. The quantitative estimate of drug-likeness (QED) is 0.611. The molecule has 2 aromatic rings. The Hall–Kier alpha value is -2.15. The van der Waals surface area contributed by atoms with Crippen LogP contribution in [0.1, 0.15) is 24.6 Å². The molecule has 0 aliphatic carbocycles. The summed E-state index contributed by atoms with van der Waals surface area (Å²) >= 11 is 0. The Kier molecular flexibility index (Phi) is 3.64. The number of hydrogen-bond acceptors (Lipinski definition) is 5. The molecule has 5 atom stereocenters. The van der Waals surface area contributed by atoms with Crippen LogP contribution < -0.4 is 0 Å². The summed E-state index contributed by atoms with van der Waals surface area (Å²) in [5.41, 5.74) is 1.94. The number of methoxy groups -OCH3 is 1. The van der Waals surface area contributed by atoms with Crippen LogP contribution in [-0.4, -0.2) is 52.0 Å². The maximum Gasteiger partial charge on any atom is 0.316 e. The highest BCUT2D eigenvalue weighted by atomic mass is 16.5. The Morgan fingerprint density at radius 2 is 2.14 bits per heavy atom. The van der Waals surface area contributed by atoms with Crippen LogP contribution in [-0.2, 0) is 28.7 Å². The number of para-hydroxylation sites is 1. The number of piperidine rings is 3. The predicted molar refractivity (Wildman–Crippen MR) is 104 cm³/mol. The molecule has 4 aliphatic heterocycles. The summed E-state index contributed by atoms with van der Waals surface area (Å²) in [7, 11) is 3.38. The molecule has 1 aromatic carbocycles. The van der Waals surface area contributed by atoms with Gasteiger partial charge in [-0.25, -0.2) is 0 Å². The molecule has 4 bridgehead atoms. The minimum atomic E-state index is -1.16. The third-order valence-corrected chi connectivity index (χ3v) is 7.54. The lowest BCUT2D eigenvalue weighted by Gasteiger charge is -2.65. The van der Waals surface area contributed by atoms with Gasteiger partial charge in [0.2, 0.25) is 0 Å². The minimum Gasteiger partial charge on any atom is -0.468 e. The van der Waals surface area contributed by atoms with Gasteiger partial charge < -0.3 is 19.5 Å². The number of benzene rings is 1. The molecule has 3 saturated heterocycles. The number of aliphatic hydroxyl groups excluding tert-OH is 1. The van der Waals surface area contributed by atoms with Crippen LogP contribution in [0.5, 0.6) is 0 Å². The average molecular weight is 382 g/mol. The standard InChI is InChI=1S/C22H26N2O4/c1-4-13-11-24-18-9-15-14-7-5-6-8-17(14)23(2)19(15)22(24,27)10-16(13)21(18,12-25)20(26)28-3/h4-8,16,18,25,27H,9-12H2,1-3H3/b13-4-/t16-,18-,21+,22+/m0/s1. The number of aryl methyl sites for hydroxylation is 1. The van der Waals surface area contributed by atoms with E-state index in [9.17, 15) is 15.0 Å². The number of carbonyl (C=O) groups is 1. The van der Waals surface area contributed by atoms with Crippen molar-refractivity contribution < 1.29 is 19.7 Å². The summed E-state index contributed by atoms with van der Waals surface area (Å²) in [5.74, 6) is -0.638. The number of carbonyl (C=O) groups excluding carboxylic acids is 1. The molecule has 0 saturated carbocycles. The van der Waals surface area contributed by atoms with E-state index in [1.165, 1.54) is 7.11 Å². The van der Waals surface area contributed by atoms with E-state index >= 15 is 0 Å². The van der Waals surface area contributed by atoms with Gasteiger partial charge in [0.15, 0.2) is 5.72 Å². The second-order valence-corrected chi connectivity index (χ2v) is 8.38. The van der Waals surface area contributed by atoms with Crippen LogP contribution >= 0.6 is 0 Å². The number of fused-ring (bicyclic) bond motifs is 4. The van der Waals surface area contributed by atoms with Crippen LogP contribution in [0.15, 0.2) is 35.9 Å². The lowest BCUT2D eigenvalue weighted by atomic mass is 9.54. The van der Waals surface area contributed by atoms with Gasteiger partial charge in [0, 0.05) is 42.9 Å². The number of ether oxygens (including phenoxy) is 1. The van der Waals surface area contributed by atoms with Crippen molar-refractivity contribution in [2.45, 2.75) is 31.5 Å². The fraction of sp³-hybridized carbons (Fsp3) is 0.500. The van der Waals surface area contributed by atoms with Crippen molar-refractivity contribution in [3.05, 3.63) is 47.2 Å². The molecule has 1 unspecified atom stereocenters. The average Bonchev–Trinajstić information content (AvgIpc) is 3.00. The molecule has 6 heteroatoms. The molecule has 0 amide bonds. The molecule has 3 fully saturated rings. The van der Waals surface area contributed by atoms with Crippen LogP contribution in [0.2, 0.25) is 0 Å². The lowest BCUT2D eigenvalue weighted by Crippen LogP contribution is -2.75. The molecule has 0 spiro atoms. The topological polar surface area (TPSA) is 74.9 Å². The summed E-state index contributed by atoms with van der Waals surface area (Å²) < 4.78 is 7.29. The first-order valence-electron chi connectivity index (χ1n) is 9.84. The largest absolute Gasteiger partial charge is 0.468 e. The highest BCUT2D eigenvalue weighted by Crippen LogP contribution is 2.61. The van der Waals surface area contributed by atoms with Gasteiger partial charge in [-0.1, -0.05) is 29.8 Å². The van der Waals surface area contributed by atoms with Crippen molar-refractivity contribution in [3.63, 3.8) is 0 Å². The highest BCUT2D eigenvalue weighted by molar-refractivity contribution is 5.87. The van der Waals surface area contributed by atoms with Crippen molar-refractivity contribution in [1.29, 1.82) is 0 Å². The first kappa shape index (κ1) is 17.9. The smallest absolute Gasteiger partial charge is 0.316 e. The first-order chi connectivity index (χ1) is 13.4. The van der Waals surface area contributed by atoms with Crippen LogP contribution in [0.4, 0.5) is 0 Å². The molecule has 1 aromatic heterocycles. The summed E-state index contributed by atoms with van der Waals surface area (Å²) in [6, 6.07) is 7.83. The van der Waals surface area contributed by atoms with E-state index in [1.807, 2.05) is 37.1 Å². The second-order valence-electron chi connectivity index (χ2n) is 8.38. The van der Waals surface area contributed by atoms with Gasteiger partial charge in [-0.05, 0) is 25.0 Å². The Labute approximate surface area is 164 Å². The first-order valence-corrected chi connectivity index (χ1v) is 9.84. The number of aromatic nitrogens is 1. The molecule has 6 rings (SSSR count). The van der Waals surface area contributed by atoms with Crippen molar-refractivity contribution in [2.75, 3.05) is 20.3 Å². The number of nitrogens with zero attached hydrogens (tertiary/aromatic N) is 2. The fourth-order valence-corrected chi connectivity index (χ4v) is 6.31. The zero-order valence-electron chi connectivity index (χ0n) is 16.5. The number of rotatable bonds is 2. The highest BCUT2D eigenvalue weighted by Gasteiger charge is 2.69. The predicted octanol–water partition coefficient (Wildman–Crippen LogP) is 1.68. The Bertz CT molecular complexity index is 1020. The van der Waals surface area contributed by atoms with Crippen LogP contribution in [0.25, 0.3) is 10.9 Å². The molecule has 4 aliphatic rings. The maximum absolute atomic E-state index is 13.0. The number of allylic oxidation sites excluding steroid dienone is 1. The van der Waals surface area contributed by atoms with Crippen molar-refractivity contribution in [2.24, 2.45) is 18.4 Å². The SMILES string of the molecule is C/C=C1/CN2[C@H]3Cc4c(n(C)c5ccccc45)[C@]2(O)C[C@@H]1[C@@]3(CO)C(=O)OC. The van der Waals surface area contributed by atoms with E-state index in [0.717, 1.165) is 27.7 Å². The maximum atomic E-state index is 13.0. The van der Waals surface area contributed by atoms with E-state index < -0.39 is 11.1 Å². The van der Waals surface area contributed by atoms with E-state index in [0.29, 0.717) is 19.4 Å². The van der Waals surface area contributed by atoms with E-state index in [1.54, 1.807) is 0 Å². The normalized spacial score (nSPS) is 37.3. The van der Waals surface area contributed by atoms with E-state index in [2.05, 4.69) is 16.7 Å². The van der Waals surface area contributed by atoms with E-state index in [4.69, 9.17) is 4.74 Å². The van der Waals surface area contributed by atoms with Gasteiger partial charge in [0.05, 0.1) is 19.4 Å². The van der Waals surface area contributed by atoms with Gasteiger partial charge >= 0.3 is 5.97 Å². The Balaban J connectivity index is 1.81. The third-order valence-electron chi connectivity index (χ3n) is 7.54. The summed E-state index contributed by atoms with van der Waals surface area (Å²) in [6.07, 6.45) is 2.99. The third kappa shape index (κ3) is 1.81. The Morgan fingerprint density at radius 3 is 2.82 bits per heavy atom.